The SMILES string of the molecule is C[C@@]12C3=CCC[C@@H]1[C@@]1(C[C@@H](c4ccoc4)OC1=O)[C@@](C)(O)C[C@@H]2OC3=O. The number of furan rings is 1. The topological polar surface area (TPSA) is 86.0 Å². The van der Waals surface area contributed by atoms with E-state index in [1.165, 1.54) is 0 Å². The molecule has 4 aliphatic rings. The number of carbonyl (C=O) groups excluding carboxylic acids is 2. The van der Waals surface area contributed by atoms with Crippen molar-refractivity contribution in [3.05, 3.63) is 35.8 Å². The van der Waals surface area contributed by atoms with Crippen molar-refractivity contribution >= 4 is 11.9 Å². The van der Waals surface area contributed by atoms with Crippen LogP contribution in [0.2, 0.25) is 0 Å². The number of aliphatic hydroxyl groups is 1. The summed E-state index contributed by atoms with van der Waals surface area (Å²) in [7, 11) is 0. The lowest BCUT2D eigenvalue weighted by Gasteiger charge is -2.58. The van der Waals surface area contributed by atoms with Gasteiger partial charge in [-0.1, -0.05) is 13.0 Å². The third-order valence-electron chi connectivity index (χ3n) is 7.42. The first-order valence-corrected chi connectivity index (χ1v) is 9.18. The first-order chi connectivity index (χ1) is 12.3. The maximum Gasteiger partial charge on any atom is 0.334 e. The number of hydrogen-bond donors (Lipinski definition) is 1. The van der Waals surface area contributed by atoms with Gasteiger partial charge < -0.3 is 19.0 Å². The summed E-state index contributed by atoms with van der Waals surface area (Å²) in [5.74, 6) is -0.897. The van der Waals surface area contributed by atoms with Gasteiger partial charge in [-0.15, -0.1) is 0 Å². The third-order valence-corrected chi connectivity index (χ3v) is 7.42. The number of hydrogen-bond acceptors (Lipinski definition) is 6. The van der Waals surface area contributed by atoms with Crippen molar-refractivity contribution in [3.63, 3.8) is 0 Å². The molecule has 1 saturated carbocycles. The maximum atomic E-state index is 13.2. The van der Waals surface area contributed by atoms with Crippen LogP contribution in [-0.4, -0.2) is 28.8 Å². The summed E-state index contributed by atoms with van der Waals surface area (Å²) in [4.78, 5) is 25.6. The molecule has 3 heterocycles. The van der Waals surface area contributed by atoms with Crippen LogP contribution in [0.4, 0.5) is 0 Å². The maximum absolute atomic E-state index is 13.2. The fourth-order valence-corrected chi connectivity index (χ4v) is 6.07. The van der Waals surface area contributed by atoms with Crippen LogP contribution in [0.15, 0.2) is 34.7 Å². The highest BCUT2D eigenvalue weighted by molar-refractivity contribution is 5.94. The number of cyclic esters (lactones) is 1. The molecule has 0 bridgehead atoms. The summed E-state index contributed by atoms with van der Waals surface area (Å²) in [5.41, 5.74) is -1.49. The second-order valence-corrected chi connectivity index (χ2v) is 8.53. The third kappa shape index (κ3) is 1.66. The molecule has 1 aromatic rings. The van der Waals surface area contributed by atoms with E-state index in [2.05, 4.69) is 0 Å². The van der Waals surface area contributed by atoms with E-state index in [9.17, 15) is 14.7 Å². The molecule has 6 atom stereocenters. The highest BCUT2D eigenvalue weighted by Gasteiger charge is 2.75. The van der Waals surface area contributed by atoms with Gasteiger partial charge in [-0.3, -0.25) is 4.79 Å². The van der Waals surface area contributed by atoms with Crippen molar-refractivity contribution < 1.29 is 28.6 Å². The number of esters is 2. The zero-order valence-corrected chi connectivity index (χ0v) is 14.9. The van der Waals surface area contributed by atoms with Gasteiger partial charge in [0.15, 0.2) is 0 Å². The number of carbonyl (C=O) groups is 2. The molecule has 2 aliphatic heterocycles. The molecule has 0 aromatic carbocycles. The fourth-order valence-electron chi connectivity index (χ4n) is 6.07. The first-order valence-electron chi connectivity index (χ1n) is 9.18. The van der Waals surface area contributed by atoms with E-state index >= 15 is 0 Å². The van der Waals surface area contributed by atoms with Gasteiger partial charge in [0, 0.05) is 29.4 Å². The van der Waals surface area contributed by atoms with E-state index in [1.54, 1.807) is 25.5 Å². The molecule has 1 N–H and O–H groups in total. The van der Waals surface area contributed by atoms with Gasteiger partial charge in [-0.2, -0.15) is 0 Å². The van der Waals surface area contributed by atoms with Crippen molar-refractivity contribution in [2.45, 2.75) is 57.3 Å². The zero-order valence-electron chi connectivity index (χ0n) is 14.9. The average Bonchev–Trinajstić information content (AvgIpc) is 3.26. The predicted octanol–water partition coefficient (Wildman–Crippen LogP) is 2.68. The second kappa shape index (κ2) is 4.80. The standard InChI is InChI=1S/C20H22O6/c1-18(23)9-15-19(2)12(16(21)26-15)4-3-5-14(19)20(18)8-13(25-17(20)22)11-6-7-24-10-11/h4,6-7,10,13-15,23H,3,5,8-9H2,1-2H3/t13-,14-,15-,18-,19+,20+/m0/s1. The minimum atomic E-state index is -1.31. The van der Waals surface area contributed by atoms with Crippen LogP contribution in [0, 0.1) is 16.7 Å². The molecule has 5 rings (SSSR count). The molecule has 1 aromatic heterocycles. The van der Waals surface area contributed by atoms with Crippen LogP contribution in [0.1, 0.15) is 51.2 Å². The fraction of sp³-hybridized carbons (Fsp3) is 0.600. The Labute approximate surface area is 151 Å². The lowest BCUT2D eigenvalue weighted by Crippen LogP contribution is -2.65. The Morgan fingerprint density at radius 3 is 2.73 bits per heavy atom. The van der Waals surface area contributed by atoms with E-state index in [1.807, 2.05) is 13.0 Å². The Balaban J connectivity index is 1.65. The van der Waals surface area contributed by atoms with Gasteiger partial charge in [0.2, 0.25) is 0 Å². The summed E-state index contributed by atoms with van der Waals surface area (Å²) in [6.07, 6.45) is 6.25. The normalized spacial score (nSPS) is 46.7. The van der Waals surface area contributed by atoms with Gasteiger partial charge in [-0.25, -0.2) is 4.79 Å². The van der Waals surface area contributed by atoms with E-state index in [0.29, 0.717) is 18.4 Å². The van der Waals surface area contributed by atoms with E-state index < -0.39 is 28.6 Å². The Hall–Kier alpha value is -2.08. The van der Waals surface area contributed by atoms with Gasteiger partial charge in [0.25, 0.3) is 0 Å². The van der Waals surface area contributed by atoms with Crippen molar-refractivity contribution in [2.24, 2.45) is 16.7 Å². The quantitative estimate of drug-likeness (QED) is 0.777. The molecule has 3 fully saturated rings. The summed E-state index contributed by atoms with van der Waals surface area (Å²) in [5, 5.41) is 11.4. The van der Waals surface area contributed by atoms with Crippen molar-refractivity contribution in [1.29, 1.82) is 0 Å². The van der Waals surface area contributed by atoms with Gasteiger partial charge >= 0.3 is 11.9 Å². The van der Waals surface area contributed by atoms with Gasteiger partial charge in [0.1, 0.15) is 17.6 Å². The largest absolute Gasteiger partial charge is 0.472 e. The summed E-state index contributed by atoms with van der Waals surface area (Å²) >= 11 is 0. The van der Waals surface area contributed by atoms with Crippen LogP contribution >= 0.6 is 0 Å². The van der Waals surface area contributed by atoms with Gasteiger partial charge in [0.05, 0.1) is 18.1 Å². The summed E-state index contributed by atoms with van der Waals surface area (Å²) in [6.45, 7) is 3.70. The Bertz CT molecular complexity index is 821. The second-order valence-electron chi connectivity index (χ2n) is 8.53. The highest BCUT2D eigenvalue weighted by atomic mass is 16.6. The van der Waals surface area contributed by atoms with E-state index in [0.717, 1.165) is 12.0 Å². The Kier molecular flexibility index (Phi) is 2.97. The molecule has 0 radical (unpaired) electrons. The van der Waals surface area contributed by atoms with Gasteiger partial charge in [-0.05, 0) is 31.7 Å². The molecular weight excluding hydrogens is 336 g/mol. The molecule has 6 nitrogen and oxygen atoms in total. The lowest BCUT2D eigenvalue weighted by molar-refractivity contribution is -0.207. The number of rotatable bonds is 1. The van der Waals surface area contributed by atoms with Crippen LogP contribution in [0.3, 0.4) is 0 Å². The van der Waals surface area contributed by atoms with Crippen LogP contribution in [0.25, 0.3) is 0 Å². The highest BCUT2D eigenvalue weighted by Crippen LogP contribution is 2.69. The Morgan fingerprint density at radius 2 is 2.00 bits per heavy atom. The zero-order chi connectivity index (χ0) is 18.3. The minimum Gasteiger partial charge on any atom is -0.472 e. The van der Waals surface area contributed by atoms with Crippen LogP contribution < -0.4 is 0 Å². The molecular formula is C20H22O6. The average molecular weight is 358 g/mol. The van der Waals surface area contributed by atoms with Crippen LogP contribution in [-0.2, 0) is 19.1 Å². The number of ether oxygens (including phenoxy) is 2. The van der Waals surface area contributed by atoms with Crippen molar-refractivity contribution in [1.82, 2.24) is 0 Å². The molecule has 138 valence electrons. The molecule has 0 unspecified atom stereocenters. The molecule has 1 spiro atoms. The number of allylic oxidation sites excluding steroid dienone is 1. The molecule has 2 saturated heterocycles. The van der Waals surface area contributed by atoms with Crippen molar-refractivity contribution in [2.75, 3.05) is 0 Å². The Morgan fingerprint density at radius 1 is 1.19 bits per heavy atom. The van der Waals surface area contributed by atoms with E-state index in [4.69, 9.17) is 13.9 Å². The van der Waals surface area contributed by atoms with Crippen LogP contribution in [0.5, 0.6) is 0 Å². The lowest BCUT2D eigenvalue weighted by atomic mass is 9.44. The summed E-state index contributed by atoms with van der Waals surface area (Å²) < 4.78 is 16.5. The number of fused-ring (bicyclic) bond motifs is 1. The molecule has 26 heavy (non-hydrogen) atoms. The summed E-state index contributed by atoms with van der Waals surface area (Å²) in [6, 6.07) is 1.79. The first kappa shape index (κ1) is 16.1. The predicted molar refractivity (Wildman–Crippen MR) is 88.6 cm³/mol. The smallest absolute Gasteiger partial charge is 0.334 e. The molecule has 6 heteroatoms. The van der Waals surface area contributed by atoms with Crippen molar-refractivity contribution in [3.8, 4) is 0 Å². The molecule has 0 amide bonds. The minimum absolute atomic E-state index is 0.209. The molecule has 2 aliphatic carbocycles. The van der Waals surface area contributed by atoms with E-state index in [-0.39, 0.29) is 24.3 Å². The monoisotopic (exact) mass is 358 g/mol.